The van der Waals surface area contributed by atoms with E-state index in [1.807, 2.05) is 19.2 Å². The molecule has 0 radical (unpaired) electrons. The number of fused-ring (bicyclic) bond motifs is 1. The number of nitrogens with zero attached hydrogens (tertiary/aromatic N) is 2. The minimum Gasteiger partial charge on any atom is -0.388 e. The molecule has 1 atom stereocenters. The molecule has 2 heterocycles. The fraction of sp³-hybridized carbons (Fsp3) is 0.385. The lowest BCUT2D eigenvalue weighted by Gasteiger charge is -2.14. The molecular formula is C13H14N2OS. The van der Waals surface area contributed by atoms with Gasteiger partial charge >= 0.3 is 0 Å². The van der Waals surface area contributed by atoms with Gasteiger partial charge in [-0.15, -0.1) is 11.3 Å². The first-order valence-corrected chi connectivity index (χ1v) is 6.66. The van der Waals surface area contributed by atoms with Crippen LogP contribution in [0.15, 0.2) is 18.5 Å². The minimum absolute atomic E-state index is 0.313. The number of rotatable bonds is 1. The molecule has 4 heteroatoms. The molecule has 3 nitrogen and oxygen atoms in total. The second-order valence-electron chi connectivity index (χ2n) is 4.43. The van der Waals surface area contributed by atoms with Crippen molar-refractivity contribution >= 4 is 11.3 Å². The van der Waals surface area contributed by atoms with E-state index in [0.29, 0.717) is 0 Å². The highest BCUT2D eigenvalue weighted by Gasteiger charge is 2.23. The van der Waals surface area contributed by atoms with E-state index in [9.17, 15) is 5.11 Å². The Hall–Kier alpha value is -1.26. The Balaban J connectivity index is 2.08. The normalized spacial score (nSPS) is 19.1. The summed E-state index contributed by atoms with van der Waals surface area (Å²) in [4.78, 5) is 9.82. The van der Waals surface area contributed by atoms with Gasteiger partial charge in [0.25, 0.3) is 0 Å². The van der Waals surface area contributed by atoms with Gasteiger partial charge in [0, 0.05) is 18.0 Å². The molecule has 0 aromatic carbocycles. The Morgan fingerprint density at radius 2 is 2.35 bits per heavy atom. The molecule has 0 amide bonds. The van der Waals surface area contributed by atoms with Crippen LogP contribution in [0.1, 0.15) is 35.1 Å². The van der Waals surface area contributed by atoms with Crippen molar-refractivity contribution in [2.75, 3.05) is 0 Å². The predicted octanol–water partition coefficient (Wildman–Crippen LogP) is 2.88. The van der Waals surface area contributed by atoms with E-state index in [-0.39, 0.29) is 6.10 Å². The van der Waals surface area contributed by atoms with Gasteiger partial charge in [0.1, 0.15) is 5.01 Å². The average molecular weight is 246 g/mol. The van der Waals surface area contributed by atoms with Crippen molar-refractivity contribution in [3.8, 4) is 10.6 Å². The zero-order chi connectivity index (χ0) is 11.8. The van der Waals surface area contributed by atoms with Crippen LogP contribution in [-0.4, -0.2) is 15.1 Å². The molecule has 0 saturated carbocycles. The average Bonchev–Trinajstić information content (AvgIpc) is 2.75. The first-order chi connectivity index (χ1) is 8.25. The third kappa shape index (κ3) is 1.87. The second kappa shape index (κ2) is 4.20. The number of aliphatic hydroxyl groups excluding tert-OH is 1. The fourth-order valence-electron chi connectivity index (χ4n) is 2.23. The number of hydrogen-bond donors (Lipinski definition) is 1. The largest absolute Gasteiger partial charge is 0.388 e. The molecule has 0 aliphatic heterocycles. The van der Waals surface area contributed by atoms with Crippen LogP contribution in [0.4, 0.5) is 0 Å². The lowest BCUT2D eigenvalue weighted by atomic mass is 10.0. The SMILES string of the molecule is Cc1cnccc1-c1nc2c(s1)C(O)CCC2. The van der Waals surface area contributed by atoms with Gasteiger partial charge in [0.05, 0.1) is 16.7 Å². The number of pyridine rings is 1. The molecule has 17 heavy (non-hydrogen) atoms. The summed E-state index contributed by atoms with van der Waals surface area (Å²) in [6, 6.07) is 1.99. The third-order valence-corrected chi connectivity index (χ3v) is 4.40. The van der Waals surface area contributed by atoms with Crippen LogP contribution in [-0.2, 0) is 6.42 Å². The Kier molecular flexibility index (Phi) is 2.68. The van der Waals surface area contributed by atoms with Gasteiger partial charge in [0.2, 0.25) is 0 Å². The molecule has 0 saturated heterocycles. The quantitative estimate of drug-likeness (QED) is 0.841. The van der Waals surface area contributed by atoms with Gasteiger partial charge in [0.15, 0.2) is 0 Å². The van der Waals surface area contributed by atoms with Crippen molar-refractivity contribution in [3.05, 3.63) is 34.6 Å². The van der Waals surface area contributed by atoms with Crippen LogP contribution >= 0.6 is 11.3 Å². The molecule has 0 bridgehead atoms. The maximum Gasteiger partial charge on any atom is 0.124 e. The van der Waals surface area contributed by atoms with Crippen LogP contribution in [0, 0.1) is 6.92 Å². The first-order valence-electron chi connectivity index (χ1n) is 5.84. The number of aliphatic hydroxyl groups is 1. The zero-order valence-electron chi connectivity index (χ0n) is 9.68. The summed E-state index contributed by atoms with van der Waals surface area (Å²) in [6.45, 7) is 2.04. The van der Waals surface area contributed by atoms with Gasteiger partial charge in [-0.05, 0) is 37.8 Å². The predicted molar refractivity (Wildman–Crippen MR) is 68.0 cm³/mol. The summed E-state index contributed by atoms with van der Waals surface area (Å²) >= 11 is 1.62. The standard InChI is InChI=1S/C13H14N2OS/c1-8-7-14-6-5-9(8)13-15-10-3-2-4-11(16)12(10)17-13/h5-7,11,16H,2-4H2,1H3. The van der Waals surface area contributed by atoms with Crippen molar-refractivity contribution in [2.45, 2.75) is 32.3 Å². The maximum atomic E-state index is 9.95. The lowest BCUT2D eigenvalue weighted by molar-refractivity contribution is 0.160. The first kappa shape index (κ1) is 10.9. The Labute approximate surface area is 104 Å². The van der Waals surface area contributed by atoms with Crippen molar-refractivity contribution in [2.24, 2.45) is 0 Å². The van der Waals surface area contributed by atoms with Crippen LogP contribution in [0.25, 0.3) is 10.6 Å². The van der Waals surface area contributed by atoms with Crippen LogP contribution in [0.5, 0.6) is 0 Å². The van der Waals surface area contributed by atoms with Crippen molar-refractivity contribution in [1.82, 2.24) is 9.97 Å². The molecule has 2 aromatic rings. The van der Waals surface area contributed by atoms with E-state index in [1.165, 1.54) is 0 Å². The Bertz CT molecular complexity index is 550. The highest BCUT2D eigenvalue weighted by molar-refractivity contribution is 7.15. The van der Waals surface area contributed by atoms with Gasteiger partial charge in [-0.1, -0.05) is 0 Å². The number of hydrogen-bond acceptors (Lipinski definition) is 4. The van der Waals surface area contributed by atoms with E-state index in [2.05, 4.69) is 9.97 Å². The summed E-state index contributed by atoms with van der Waals surface area (Å²) in [5, 5.41) is 11.0. The van der Waals surface area contributed by atoms with E-state index >= 15 is 0 Å². The number of thiazole rings is 1. The molecule has 1 aliphatic carbocycles. The van der Waals surface area contributed by atoms with E-state index < -0.39 is 0 Å². The summed E-state index contributed by atoms with van der Waals surface area (Å²) in [5.74, 6) is 0. The van der Waals surface area contributed by atoms with E-state index in [0.717, 1.165) is 46.0 Å². The molecule has 1 aliphatic rings. The molecule has 1 unspecified atom stereocenters. The van der Waals surface area contributed by atoms with Crippen molar-refractivity contribution in [3.63, 3.8) is 0 Å². The molecule has 88 valence electrons. The highest BCUT2D eigenvalue weighted by atomic mass is 32.1. The monoisotopic (exact) mass is 246 g/mol. The fourth-order valence-corrected chi connectivity index (χ4v) is 3.45. The van der Waals surface area contributed by atoms with Crippen LogP contribution in [0.2, 0.25) is 0 Å². The van der Waals surface area contributed by atoms with Gasteiger partial charge in [-0.25, -0.2) is 4.98 Å². The Morgan fingerprint density at radius 3 is 3.12 bits per heavy atom. The highest BCUT2D eigenvalue weighted by Crippen LogP contribution is 2.38. The minimum atomic E-state index is -0.313. The van der Waals surface area contributed by atoms with Crippen LogP contribution < -0.4 is 0 Å². The smallest absolute Gasteiger partial charge is 0.124 e. The maximum absolute atomic E-state index is 9.95. The van der Waals surface area contributed by atoms with Gasteiger partial charge < -0.3 is 5.11 Å². The van der Waals surface area contributed by atoms with E-state index in [1.54, 1.807) is 17.5 Å². The molecule has 1 N–H and O–H groups in total. The van der Waals surface area contributed by atoms with Gasteiger partial charge in [-0.3, -0.25) is 4.98 Å². The summed E-state index contributed by atoms with van der Waals surface area (Å²) in [5.41, 5.74) is 3.35. The lowest BCUT2D eigenvalue weighted by Crippen LogP contribution is -2.06. The van der Waals surface area contributed by atoms with Crippen LogP contribution in [0.3, 0.4) is 0 Å². The molecular weight excluding hydrogens is 232 g/mol. The van der Waals surface area contributed by atoms with Crippen molar-refractivity contribution in [1.29, 1.82) is 0 Å². The molecule has 2 aromatic heterocycles. The third-order valence-electron chi connectivity index (χ3n) is 3.17. The summed E-state index contributed by atoms with van der Waals surface area (Å²) in [7, 11) is 0. The molecule has 0 spiro atoms. The molecule has 0 fully saturated rings. The van der Waals surface area contributed by atoms with Crippen molar-refractivity contribution < 1.29 is 5.11 Å². The summed E-state index contributed by atoms with van der Waals surface area (Å²) in [6.07, 6.45) is 6.22. The zero-order valence-corrected chi connectivity index (χ0v) is 10.5. The number of aryl methyl sites for hydroxylation is 2. The second-order valence-corrected chi connectivity index (χ2v) is 5.46. The topological polar surface area (TPSA) is 46.0 Å². The molecule has 3 rings (SSSR count). The van der Waals surface area contributed by atoms with Gasteiger partial charge in [-0.2, -0.15) is 0 Å². The Morgan fingerprint density at radius 1 is 1.47 bits per heavy atom. The number of aromatic nitrogens is 2. The van der Waals surface area contributed by atoms with E-state index in [4.69, 9.17) is 0 Å². The summed E-state index contributed by atoms with van der Waals surface area (Å²) < 4.78 is 0.